The van der Waals surface area contributed by atoms with E-state index in [9.17, 15) is 0 Å². The van der Waals surface area contributed by atoms with Crippen LogP contribution in [-0.4, -0.2) is 36.1 Å². The fourth-order valence-corrected chi connectivity index (χ4v) is 2.43. The minimum atomic E-state index is 0. The van der Waals surface area contributed by atoms with Crippen LogP contribution in [0.3, 0.4) is 0 Å². The fourth-order valence-electron chi connectivity index (χ4n) is 2.43. The molecular formula is C10H23ClN2. The van der Waals surface area contributed by atoms with Crippen molar-refractivity contribution in [1.82, 2.24) is 10.2 Å². The third-order valence-corrected chi connectivity index (χ3v) is 3.10. The van der Waals surface area contributed by atoms with Crippen LogP contribution in [0.4, 0.5) is 0 Å². The highest BCUT2D eigenvalue weighted by molar-refractivity contribution is 5.85. The van der Waals surface area contributed by atoms with Gasteiger partial charge in [-0.05, 0) is 33.4 Å². The first-order chi connectivity index (χ1) is 5.62. The molecule has 0 saturated carbocycles. The number of hydrogen-bond donors (Lipinski definition) is 1. The van der Waals surface area contributed by atoms with Crippen molar-refractivity contribution in [3.05, 3.63) is 0 Å². The molecule has 0 aliphatic carbocycles. The first-order valence-corrected chi connectivity index (χ1v) is 5.11. The molecule has 0 bridgehead atoms. The second-order valence-corrected chi connectivity index (χ2v) is 4.16. The zero-order chi connectivity index (χ0) is 9.19. The van der Waals surface area contributed by atoms with Crippen LogP contribution >= 0.6 is 12.4 Å². The van der Waals surface area contributed by atoms with Crippen molar-refractivity contribution in [2.24, 2.45) is 0 Å². The van der Waals surface area contributed by atoms with E-state index in [4.69, 9.17) is 0 Å². The molecule has 0 aromatic carbocycles. The van der Waals surface area contributed by atoms with E-state index in [0.717, 1.165) is 6.54 Å². The summed E-state index contributed by atoms with van der Waals surface area (Å²) < 4.78 is 0. The van der Waals surface area contributed by atoms with Gasteiger partial charge in [-0.1, -0.05) is 13.8 Å². The molecule has 0 amide bonds. The SMILES string of the molecule is CCN(CC)C1(C)CNC(C)C1.Cl. The van der Waals surface area contributed by atoms with Gasteiger partial charge in [0, 0.05) is 18.1 Å². The molecule has 1 saturated heterocycles. The molecule has 2 atom stereocenters. The number of rotatable bonds is 3. The van der Waals surface area contributed by atoms with E-state index in [-0.39, 0.29) is 12.4 Å². The highest BCUT2D eigenvalue weighted by atomic mass is 35.5. The van der Waals surface area contributed by atoms with E-state index in [0.29, 0.717) is 11.6 Å². The van der Waals surface area contributed by atoms with E-state index < -0.39 is 0 Å². The molecule has 0 aromatic rings. The van der Waals surface area contributed by atoms with Crippen molar-refractivity contribution in [2.75, 3.05) is 19.6 Å². The Balaban J connectivity index is 0.00000144. The van der Waals surface area contributed by atoms with E-state index in [1.54, 1.807) is 0 Å². The summed E-state index contributed by atoms with van der Waals surface area (Å²) in [6.07, 6.45) is 1.29. The Labute approximate surface area is 88.5 Å². The maximum absolute atomic E-state index is 3.52. The molecule has 80 valence electrons. The van der Waals surface area contributed by atoms with Crippen molar-refractivity contribution >= 4 is 12.4 Å². The Bertz CT molecular complexity index is 148. The maximum atomic E-state index is 3.52. The van der Waals surface area contributed by atoms with Gasteiger partial charge < -0.3 is 5.32 Å². The number of hydrogen-bond acceptors (Lipinski definition) is 2. The second kappa shape index (κ2) is 5.18. The molecule has 1 heterocycles. The van der Waals surface area contributed by atoms with Crippen LogP contribution in [-0.2, 0) is 0 Å². The average molecular weight is 207 g/mol. The topological polar surface area (TPSA) is 15.3 Å². The van der Waals surface area contributed by atoms with Crippen molar-refractivity contribution in [3.63, 3.8) is 0 Å². The van der Waals surface area contributed by atoms with Crippen LogP contribution in [0.15, 0.2) is 0 Å². The molecule has 3 heteroatoms. The molecule has 1 aliphatic rings. The number of likely N-dealkylation sites (N-methyl/N-ethyl adjacent to an activating group) is 1. The number of halogens is 1. The van der Waals surface area contributed by atoms with Gasteiger partial charge in [0.25, 0.3) is 0 Å². The van der Waals surface area contributed by atoms with Gasteiger partial charge in [-0.3, -0.25) is 4.90 Å². The molecule has 1 rings (SSSR count). The van der Waals surface area contributed by atoms with E-state index in [1.807, 2.05) is 0 Å². The lowest BCUT2D eigenvalue weighted by molar-refractivity contribution is 0.133. The van der Waals surface area contributed by atoms with Gasteiger partial charge in [-0.25, -0.2) is 0 Å². The summed E-state index contributed by atoms with van der Waals surface area (Å²) in [6.45, 7) is 12.6. The predicted molar refractivity (Wildman–Crippen MR) is 60.7 cm³/mol. The molecule has 1 aliphatic heterocycles. The largest absolute Gasteiger partial charge is 0.312 e. The second-order valence-electron chi connectivity index (χ2n) is 4.16. The van der Waals surface area contributed by atoms with Crippen LogP contribution in [0.1, 0.15) is 34.1 Å². The van der Waals surface area contributed by atoms with Gasteiger partial charge in [0.05, 0.1) is 0 Å². The van der Waals surface area contributed by atoms with Crippen molar-refractivity contribution < 1.29 is 0 Å². The highest BCUT2D eigenvalue weighted by Crippen LogP contribution is 2.25. The summed E-state index contributed by atoms with van der Waals surface area (Å²) >= 11 is 0. The Morgan fingerprint density at radius 2 is 1.92 bits per heavy atom. The van der Waals surface area contributed by atoms with Crippen LogP contribution in [0.2, 0.25) is 0 Å². The highest BCUT2D eigenvalue weighted by Gasteiger charge is 2.36. The maximum Gasteiger partial charge on any atom is 0.0320 e. The van der Waals surface area contributed by atoms with Crippen molar-refractivity contribution in [2.45, 2.75) is 45.7 Å². The summed E-state index contributed by atoms with van der Waals surface area (Å²) in [6, 6.07) is 0.690. The Hall–Kier alpha value is 0.210. The zero-order valence-electron chi connectivity index (χ0n) is 9.26. The van der Waals surface area contributed by atoms with Crippen LogP contribution in [0.25, 0.3) is 0 Å². The minimum Gasteiger partial charge on any atom is -0.312 e. The van der Waals surface area contributed by atoms with Crippen LogP contribution < -0.4 is 5.32 Å². The number of nitrogens with one attached hydrogen (secondary N) is 1. The Kier molecular flexibility index (Phi) is 5.26. The van der Waals surface area contributed by atoms with E-state index in [1.165, 1.54) is 19.5 Å². The molecule has 13 heavy (non-hydrogen) atoms. The molecule has 0 aromatic heterocycles. The molecule has 0 spiro atoms. The molecular weight excluding hydrogens is 184 g/mol. The first-order valence-electron chi connectivity index (χ1n) is 5.11. The summed E-state index contributed by atoms with van der Waals surface area (Å²) in [4.78, 5) is 2.56. The first kappa shape index (κ1) is 13.2. The van der Waals surface area contributed by atoms with Crippen LogP contribution in [0.5, 0.6) is 0 Å². The lowest BCUT2D eigenvalue weighted by atomic mass is 9.96. The monoisotopic (exact) mass is 206 g/mol. The predicted octanol–water partition coefficient (Wildman–Crippen LogP) is 1.89. The van der Waals surface area contributed by atoms with Gasteiger partial charge in [0.2, 0.25) is 0 Å². The summed E-state index contributed by atoms with van der Waals surface area (Å²) in [5, 5.41) is 3.52. The third kappa shape index (κ3) is 2.83. The molecule has 2 unspecified atom stereocenters. The van der Waals surface area contributed by atoms with Gasteiger partial charge >= 0.3 is 0 Å². The minimum absolute atomic E-state index is 0. The van der Waals surface area contributed by atoms with Gasteiger partial charge in [0.15, 0.2) is 0 Å². The Morgan fingerprint density at radius 1 is 1.38 bits per heavy atom. The lowest BCUT2D eigenvalue weighted by Gasteiger charge is -2.36. The van der Waals surface area contributed by atoms with Gasteiger partial charge in [0.1, 0.15) is 0 Å². The quantitative estimate of drug-likeness (QED) is 0.759. The lowest BCUT2D eigenvalue weighted by Crippen LogP contribution is -2.47. The smallest absolute Gasteiger partial charge is 0.0320 e. The Morgan fingerprint density at radius 3 is 2.23 bits per heavy atom. The average Bonchev–Trinajstić information content (AvgIpc) is 2.34. The van der Waals surface area contributed by atoms with E-state index >= 15 is 0 Å². The summed E-state index contributed by atoms with van der Waals surface area (Å²) in [5.41, 5.74) is 0.406. The standard InChI is InChI=1S/C10H22N2.ClH/c1-5-12(6-2)10(4)7-9(3)11-8-10;/h9,11H,5-8H2,1-4H3;1H. The summed E-state index contributed by atoms with van der Waals surface area (Å²) in [7, 11) is 0. The molecule has 0 radical (unpaired) electrons. The summed E-state index contributed by atoms with van der Waals surface area (Å²) in [5.74, 6) is 0. The van der Waals surface area contributed by atoms with Crippen LogP contribution in [0, 0.1) is 0 Å². The zero-order valence-corrected chi connectivity index (χ0v) is 10.1. The third-order valence-electron chi connectivity index (χ3n) is 3.10. The normalized spacial score (nSPS) is 33.5. The molecule has 2 nitrogen and oxygen atoms in total. The van der Waals surface area contributed by atoms with Gasteiger partial charge in [-0.15, -0.1) is 12.4 Å². The van der Waals surface area contributed by atoms with Gasteiger partial charge in [-0.2, -0.15) is 0 Å². The van der Waals surface area contributed by atoms with Crippen molar-refractivity contribution in [1.29, 1.82) is 0 Å². The fraction of sp³-hybridized carbons (Fsp3) is 1.00. The molecule has 1 N–H and O–H groups in total. The number of nitrogens with zero attached hydrogens (tertiary/aromatic N) is 1. The van der Waals surface area contributed by atoms with E-state index in [2.05, 4.69) is 37.9 Å². The molecule has 1 fully saturated rings. The van der Waals surface area contributed by atoms with Crippen molar-refractivity contribution in [3.8, 4) is 0 Å².